The molecule has 0 aliphatic carbocycles. The highest BCUT2D eigenvalue weighted by Crippen LogP contribution is 2.16. The van der Waals surface area contributed by atoms with Crippen LogP contribution in [0.1, 0.15) is 58.2 Å². The molecule has 37 heavy (non-hydrogen) atoms. The van der Waals surface area contributed by atoms with E-state index in [2.05, 4.69) is 65.7 Å². The third kappa shape index (κ3) is 13.5. The van der Waals surface area contributed by atoms with Crippen molar-refractivity contribution in [3.63, 3.8) is 0 Å². The number of aliphatic carboxylic acids is 1. The number of rotatable bonds is 12. The third-order valence-corrected chi connectivity index (χ3v) is 5.10. The second kappa shape index (κ2) is 15.7. The van der Waals surface area contributed by atoms with E-state index >= 15 is 0 Å². The molecule has 11 heteroatoms. The van der Waals surface area contributed by atoms with E-state index in [4.69, 9.17) is 9.90 Å². The van der Waals surface area contributed by atoms with Crippen LogP contribution >= 0.6 is 0 Å². The Morgan fingerprint density at radius 2 is 1.68 bits per heavy atom. The molecular weight excluding hydrogens is 487 g/mol. The Labute approximate surface area is 216 Å². The number of alkyl halides is 3. The van der Waals surface area contributed by atoms with E-state index in [1.807, 2.05) is 31.2 Å². The molecule has 0 saturated heterocycles. The Hall–Kier alpha value is -3.37. The normalized spacial score (nSPS) is 12.7. The number of amides is 1. The van der Waals surface area contributed by atoms with E-state index in [1.54, 1.807) is 0 Å². The summed E-state index contributed by atoms with van der Waals surface area (Å²) in [6.45, 7) is 11.1. The van der Waals surface area contributed by atoms with E-state index in [1.165, 1.54) is 5.56 Å². The molecule has 1 unspecified atom stereocenters. The third-order valence-electron chi connectivity index (χ3n) is 5.10. The molecule has 0 radical (unpaired) electrons. The van der Waals surface area contributed by atoms with Crippen molar-refractivity contribution in [2.75, 3.05) is 17.2 Å². The minimum atomic E-state index is -5.08. The van der Waals surface area contributed by atoms with Gasteiger partial charge in [0.1, 0.15) is 11.9 Å². The van der Waals surface area contributed by atoms with Gasteiger partial charge in [0.25, 0.3) is 0 Å². The van der Waals surface area contributed by atoms with Crippen molar-refractivity contribution in [2.45, 2.75) is 78.6 Å². The summed E-state index contributed by atoms with van der Waals surface area (Å²) in [5.41, 5.74) is 2.08. The molecule has 1 aromatic heterocycles. The Morgan fingerprint density at radius 3 is 2.22 bits per heavy atom. The zero-order chi connectivity index (χ0) is 28.0. The standard InChI is InChI=1S/C24H37N5O.C2HF3O2/c1-6-10-18(4)26-24-27-19(5)16-22(29-24)28-21(15-17(2)3)23(30)25-14-13-20-11-8-7-9-12-20;3-2(4,5)1(6)7/h7-9,11-12,16-18,21H,6,10,13-15H2,1-5H3,(H,25,30)(H2,26,27,28,29);(H,6,7)/t18?,21-;/m0./s1. The summed E-state index contributed by atoms with van der Waals surface area (Å²) in [7, 11) is 0. The van der Waals surface area contributed by atoms with E-state index in [0.717, 1.165) is 31.4 Å². The summed E-state index contributed by atoms with van der Waals surface area (Å²) in [5.74, 6) is -1.09. The summed E-state index contributed by atoms with van der Waals surface area (Å²) in [6.07, 6.45) is -1.38. The topological polar surface area (TPSA) is 116 Å². The average molecular weight is 526 g/mol. The minimum Gasteiger partial charge on any atom is -0.475 e. The molecular formula is C26H38F3N5O3. The lowest BCUT2D eigenvalue weighted by Crippen LogP contribution is -2.41. The molecule has 0 aliphatic heterocycles. The Morgan fingerprint density at radius 1 is 1.05 bits per heavy atom. The molecule has 0 fully saturated rings. The van der Waals surface area contributed by atoms with E-state index in [0.29, 0.717) is 30.3 Å². The van der Waals surface area contributed by atoms with Gasteiger partial charge in [-0.1, -0.05) is 57.5 Å². The number of hydrogen-bond donors (Lipinski definition) is 4. The van der Waals surface area contributed by atoms with Crippen molar-refractivity contribution in [3.8, 4) is 0 Å². The summed E-state index contributed by atoms with van der Waals surface area (Å²) < 4.78 is 31.7. The fraction of sp³-hybridized carbons (Fsp3) is 0.538. The molecule has 1 amide bonds. The highest BCUT2D eigenvalue weighted by atomic mass is 19.4. The van der Waals surface area contributed by atoms with Crippen molar-refractivity contribution in [1.29, 1.82) is 0 Å². The molecule has 2 rings (SSSR count). The maximum Gasteiger partial charge on any atom is 0.490 e. The minimum absolute atomic E-state index is 0.00440. The lowest BCUT2D eigenvalue weighted by atomic mass is 10.0. The fourth-order valence-corrected chi connectivity index (χ4v) is 3.41. The highest BCUT2D eigenvalue weighted by Gasteiger charge is 2.38. The van der Waals surface area contributed by atoms with Crippen LogP contribution in [0.15, 0.2) is 36.4 Å². The number of carbonyl (C=O) groups excluding carboxylic acids is 1. The molecule has 0 spiro atoms. The van der Waals surface area contributed by atoms with E-state index < -0.39 is 12.1 Å². The number of hydrogen-bond acceptors (Lipinski definition) is 6. The molecule has 2 atom stereocenters. The highest BCUT2D eigenvalue weighted by molar-refractivity contribution is 5.84. The lowest BCUT2D eigenvalue weighted by molar-refractivity contribution is -0.192. The van der Waals surface area contributed by atoms with Crippen LogP contribution in [0.25, 0.3) is 0 Å². The zero-order valence-electron chi connectivity index (χ0n) is 22.0. The summed E-state index contributed by atoms with van der Waals surface area (Å²) in [5, 5.41) is 16.9. The van der Waals surface area contributed by atoms with Gasteiger partial charge < -0.3 is 21.1 Å². The van der Waals surface area contributed by atoms with Gasteiger partial charge in [0.2, 0.25) is 11.9 Å². The van der Waals surface area contributed by atoms with Gasteiger partial charge in [-0.2, -0.15) is 18.2 Å². The van der Waals surface area contributed by atoms with Crippen LogP contribution in [-0.2, 0) is 16.0 Å². The predicted octanol–water partition coefficient (Wildman–Crippen LogP) is 5.20. The van der Waals surface area contributed by atoms with Crippen LogP contribution in [0.3, 0.4) is 0 Å². The van der Waals surface area contributed by atoms with E-state index in [-0.39, 0.29) is 11.9 Å². The predicted molar refractivity (Wildman–Crippen MR) is 138 cm³/mol. The fourth-order valence-electron chi connectivity index (χ4n) is 3.41. The maximum absolute atomic E-state index is 12.9. The van der Waals surface area contributed by atoms with Gasteiger partial charge in [0.05, 0.1) is 0 Å². The first-order chi connectivity index (χ1) is 17.3. The Kier molecular flexibility index (Phi) is 13.4. The van der Waals surface area contributed by atoms with Crippen LogP contribution < -0.4 is 16.0 Å². The summed E-state index contributed by atoms with van der Waals surface area (Å²) in [6, 6.07) is 12.0. The van der Waals surface area contributed by atoms with Gasteiger partial charge in [-0.25, -0.2) is 9.78 Å². The SMILES string of the molecule is CCCC(C)Nc1nc(C)cc(N[C@@H](CC(C)C)C(=O)NCCc2ccccc2)n1.O=C(O)C(F)(F)F. The van der Waals surface area contributed by atoms with Gasteiger partial charge in [0, 0.05) is 24.3 Å². The van der Waals surface area contributed by atoms with Crippen molar-refractivity contribution >= 4 is 23.6 Å². The summed E-state index contributed by atoms with van der Waals surface area (Å²) >= 11 is 0. The first-order valence-electron chi connectivity index (χ1n) is 12.3. The largest absolute Gasteiger partial charge is 0.490 e. The number of halogens is 3. The van der Waals surface area contributed by atoms with E-state index in [9.17, 15) is 18.0 Å². The number of carbonyl (C=O) groups is 2. The number of carboxylic acid groups (broad SMARTS) is 1. The number of benzene rings is 1. The van der Waals surface area contributed by atoms with Crippen LogP contribution in [0, 0.1) is 12.8 Å². The van der Waals surface area contributed by atoms with Gasteiger partial charge in [-0.3, -0.25) is 4.79 Å². The smallest absolute Gasteiger partial charge is 0.475 e. The van der Waals surface area contributed by atoms with Crippen LogP contribution in [-0.4, -0.2) is 51.8 Å². The summed E-state index contributed by atoms with van der Waals surface area (Å²) in [4.78, 5) is 30.9. The average Bonchev–Trinajstić information content (AvgIpc) is 2.78. The van der Waals surface area contributed by atoms with Crippen LogP contribution in [0.2, 0.25) is 0 Å². The number of aryl methyl sites for hydroxylation is 1. The molecule has 206 valence electrons. The molecule has 0 saturated carbocycles. The van der Waals surface area contributed by atoms with Crippen LogP contribution in [0.5, 0.6) is 0 Å². The Balaban J connectivity index is 0.000000856. The second-order valence-electron chi connectivity index (χ2n) is 9.21. The van der Waals surface area contributed by atoms with Crippen molar-refractivity contribution < 1.29 is 27.9 Å². The number of aromatic nitrogens is 2. The number of nitrogens with one attached hydrogen (secondary N) is 3. The van der Waals surface area contributed by atoms with Gasteiger partial charge in [0.15, 0.2) is 0 Å². The van der Waals surface area contributed by atoms with Gasteiger partial charge in [-0.05, 0) is 44.6 Å². The molecule has 0 aliphatic rings. The van der Waals surface area contributed by atoms with Crippen LogP contribution in [0.4, 0.5) is 24.9 Å². The van der Waals surface area contributed by atoms with Gasteiger partial charge in [-0.15, -0.1) is 0 Å². The quantitative estimate of drug-likeness (QED) is 0.301. The monoisotopic (exact) mass is 525 g/mol. The second-order valence-corrected chi connectivity index (χ2v) is 9.21. The number of nitrogens with zero attached hydrogens (tertiary/aromatic N) is 2. The Bertz CT molecular complexity index is 972. The lowest BCUT2D eigenvalue weighted by Gasteiger charge is -2.21. The van der Waals surface area contributed by atoms with Crippen molar-refractivity contribution in [2.24, 2.45) is 5.92 Å². The number of carboxylic acids is 1. The van der Waals surface area contributed by atoms with Gasteiger partial charge >= 0.3 is 12.1 Å². The molecule has 1 aromatic carbocycles. The molecule has 2 aromatic rings. The first kappa shape index (κ1) is 31.7. The maximum atomic E-state index is 12.9. The zero-order valence-corrected chi connectivity index (χ0v) is 22.0. The molecule has 8 nitrogen and oxygen atoms in total. The molecule has 1 heterocycles. The van der Waals surface area contributed by atoms with Crippen molar-refractivity contribution in [1.82, 2.24) is 15.3 Å². The molecule has 0 bridgehead atoms. The molecule has 4 N–H and O–H groups in total. The number of anilines is 2. The first-order valence-corrected chi connectivity index (χ1v) is 12.3. The van der Waals surface area contributed by atoms with Crippen molar-refractivity contribution in [3.05, 3.63) is 47.7 Å².